The molecule has 4 heteroatoms. The summed E-state index contributed by atoms with van der Waals surface area (Å²) < 4.78 is 2.06. The lowest BCUT2D eigenvalue weighted by molar-refractivity contribution is 0.164. The van der Waals surface area contributed by atoms with E-state index in [9.17, 15) is 0 Å². The Labute approximate surface area is 126 Å². The van der Waals surface area contributed by atoms with Crippen molar-refractivity contribution in [1.29, 1.82) is 0 Å². The van der Waals surface area contributed by atoms with Gasteiger partial charge in [-0.25, -0.2) is 4.68 Å². The first-order chi connectivity index (χ1) is 10.4. The van der Waals surface area contributed by atoms with E-state index in [4.69, 9.17) is 0 Å². The summed E-state index contributed by atoms with van der Waals surface area (Å²) in [7, 11) is 2.05. The van der Waals surface area contributed by atoms with E-state index in [2.05, 4.69) is 50.3 Å². The maximum atomic E-state index is 4.48. The van der Waals surface area contributed by atoms with Gasteiger partial charge in [0.05, 0.1) is 11.4 Å². The summed E-state index contributed by atoms with van der Waals surface area (Å²) in [5.74, 6) is 0.775. The average Bonchev–Trinajstić information content (AvgIpc) is 2.97. The van der Waals surface area contributed by atoms with E-state index in [1.807, 2.05) is 19.3 Å². The quantitative estimate of drug-likeness (QED) is 0.914. The van der Waals surface area contributed by atoms with E-state index in [1.165, 1.54) is 31.6 Å². The normalized spacial score (nSPS) is 19.8. The maximum Gasteiger partial charge on any atom is 0.0649 e. The van der Waals surface area contributed by atoms with Crippen LogP contribution >= 0.6 is 0 Å². The number of hydrogen-bond donors (Lipinski definition) is 1. The summed E-state index contributed by atoms with van der Waals surface area (Å²) >= 11 is 0. The monoisotopic (exact) mass is 284 g/mol. The van der Waals surface area contributed by atoms with Crippen molar-refractivity contribution < 1.29 is 0 Å². The number of aromatic nitrogens is 2. The Morgan fingerprint density at radius 1 is 1.24 bits per heavy atom. The summed E-state index contributed by atoms with van der Waals surface area (Å²) in [5, 5.41) is 7.79. The Balaban J connectivity index is 1.70. The number of likely N-dealkylation sites (tertiary alicyclic amines) is 1. The predicted molar refractivity (Wildman–Crippen MR) is 85.5 cm³/mol. The highest BCUT2D eigenvalue weighted by Gasteiger charge is 2.20. The highest BCUT2D eigenvalue weighted by atomic mass is 15.3. The minimum atomic E-state index is 0.775. The number of hydrogen-bond acceptors (Lipinski definition) is 3. The van der Waals surface area contributed by atoms with Crippen LogP contribution in [0.15, 0.2) is 42.6 Å². The molecule has 0 saturated carbocycles. The van der Waals surface area contributed by atoms with Crippen LogP contribution in [0.5, 0.6) is 0 Å². The summed E-state index contributed by atoms with van der Waals surface area (Å²) in [6.45, 7) is 4.48. The number of piperidine rings is 1. The summed E-state index contributed by atoms with van der Waals surface area (Å²) in [5.41, 5.74) is 2.41. The van der Waals surface area contributed by atoms with Crippen LogP contribution in [0.2, 0.25) is 0 Å². The molecule has 1 aliphatic rings. The van der Waals surface area contributed by atoms with Gasteiger partial charge in [-0.3, -0.25) is 4.90 Å². The molecule has 0 spiro atoms. The predicted octanol–water partition coefficient (Wildman–Crippen LogP) is 2.30. The second-order valence-corrected chi connectivity index (χ2v) is 5.87. The zero-order chi connectivity index (χ0) is 14.5. The van der Waals surface area contributed by atoms with Crippen molar-refractivity contribution in [2.75, 3.05) is 26.7 Å². The van der Waals surface area contributed by atoms with Crippen molar-refractivity contribution in [3.63, 3.8) is 0 Å². The van der Waals surface area contributed by atoms with Crippen molar-refractivity contribution in [1.82, 2.24) is 20.0 Å². The maximum absolute atomic E-state index is 4.48. The molecule has 0 amide bonds. The zero-order valence-electron chi connectivity index (χ0n) is 12.7. The first kappa shape index (κ1) is 14.3. The van der Waals surface area contributed by atoms with Gasteiger partial charge >= 0.3 is 0 Å². The Morgan fingerprint density at radius 2 is 2.10 bits per heavy atom. The van der Waals surface area contributed by atoms with Crippen molar-refractivity contribution in [3.8, 4) is 5.69 Å². The van der Waals surface area contributed by atoms with Crippen LogP contribution in [0, 0.1) is 5.92 Å². The Hall–Kier alpha value is -1.65. The molecule has 0 radical (unpaired) electrons. The van der Waals surface area contributed by atoms with Crippen molar-refractivity contribution >= 4 is 0 Å². The summed E-state index contributed by atoms with van der Waals surface area (Å²) in [6, 6.07) is 12.5. The van der Waals surface area contributed by atoms with Gasteiger partial charge in [0.15, 0.2) is 0 Å². The SMILES string of the molecule is CNCC1CCCN(Cc2ccnn2-c2ccccc2)C1. The molecule has 1 fully saturated rings. The highest BCUT2D eigenvalue weighted by molar-refractivity contribution is 5.32. The minimum absolute atomic E-state index is 0.775. The molecule has 1 unspecified atom stereocenters. The number of benzene rings is 1. The molecule has 21 heavy (non-hydrogen) atoms. The minimum Gasteiger partial charge on any atom is -0.319 e. The van der Waals surface area contributed by atoms with Gasteiger partial charge in [-0.05, 0) is 57.1 Å². The third-order valence-electron chi connectivity index (χ3n) is 4.20. The van der Waals surface area contributed by atoms with E-state index < -0.39 is 0 Å². The highest BCUT2D eigenvalue weighted by Crippen LogP contribution is 2.19. The van der Waals surface area contributed by atoms with Gasteiger partial charge in [0, 0.05) is 19.3 Å². The van der Waals surface area contributed by atoms with Crippen molar-refractivity contribution in [3.05, 3.63) is 48.3 Å². The van der Waals surface area contributed by atoms with Gasteiger partial charge < -0.3 is 5.32 Å². The van der Waals surface area contributed by atoms with Gasteiger partial charge in [-0.1, -0.05) is 18.2 Å². The van der Waals surface area contributed by atoms with Crippen LogP contribution in [0.3, 0.4) is 0 Å². The molecule has 0 aliphatic carbocycles. The molecule has 2 aromatic rings. The van der Waals surface area contributed by atoms with E-state index in [1.54, 1.807) is 0 Å². The van der Waals surface area contributed by atoms with E-state index in [0.29, 0.717) is 0 Å². The fourth-order valence-corrected chi connectivity index (χ4v) is 3.23. The lowest BCUT2D eigenvalue weighted by Gasteiger charge is -2.32. The van der Waals surface area contributed by atoms with Crippen LogP contribution in [0.1, 0.15) is 18.5 Å². The summed E-state index contributed by atoms with van der Waals surface area (Å²) in [4.78, 5) is 2.56. The smallest absolute Gasteiger partial charge is 0.0649 e. The molecule has 1 atom stereocenters. The first-order valence-corrected chi connectivity index (χ1v) is 7.82. The van der Waals surface area contributed by atoms with E-state index in [-0.39, 0.29) is 0 Å². The molecule has 1 aromatic heterocycles. The molecule has 3 rings (SSSR count). The van der Waals surface area contributed by atoms with Crippen LogP contribution in [0.4, 0.5) is 0 Å². The second kappa shape index (κ2) is 6.87. The summed E-state index contributed by atoms with van der Waals surface area (Å²) in [6.07, 6.45) is 4.54. The number of nitrogens with zero attached hydrogens (tertiary/aromatic N) is 3. The van der Waals surface area contributed by atoms with Gasteiger partial charge in [-0.2, -0.15) is 5.10 Å². The number of nitrogens with one attached hydrogen (secondary N) is 1. The fourth-order valence-electron chi connectivity index (χ4n) is 3.23. The molecular weight excluding hydrogens is 260 g/mol. The fraction of sp³-hybridized carbons (Fsp3) is 0.471. The standard InChI is InChI=1S/C17H24N4/c1-18-12-15-6-5-11-20(13-15)14-17-9-10-19-21(17)16-7-3-2-4-8-16/h2-4,7-10,15,18H,5-6,11-14H2,1H3. The topological polar surface area (TPSA) is 33.1 Å². The molecular formula is C17H24N4. The molecule has 4 nitrogen and oxygen atoms in total. The van der Waals surface area contributed by atoms with E-state index in [0.717, 1.165) is 24.7 Å². The number of rotatable bonds is 5. The number of para-hydroxylation sites is 1. The third-order valence-corrected chi connectivity index (χ3v) is 4.20. The van der Waals surface area contributed by atoms with Gasteiger partial charge in [0.2, 0.25) is 0 Å². The molecule has 1 aliphatic heterocycles. The van der Waals surface area contributed by atoms with Gasteiger partial charge in [-0.15, -0.1) is 0 Å². The molecule has 112 valence electrons. The van der Waals surface area contributed by atoms with Crippen molar-refractivity contribution in [2.45, 2.75) is 19.4 Å². The van der Waals surface area contributed by atoms with Crippen LogP contribution in [-0.2, 0) is 6.54 Å². The zero-order valence-corrected chi connectivity index (χ0v) is 12.7. The molecule has 1 aromatic carbocycles. The van der Waals surface area contributed by atoms with Crippen LogP contribution in [-0.4, -0.2) is 41.4 Å². The molecule has 2 heterocycles. The van der Waals surface area contributed by atoms with Crippen molar-refractivity contribution in [2.24, 2.45) is 5.92 Å². The third kappa shape index (κ3) is 3.52. The molecule has 0 bridgehead atoms. The van der Waals surface area contributed by atoms with Gasteiger partial charge in [0.25, 0.3) is 0 Å². The Bertz CT molecular complexity index is 547. The van der Waals surface area contributed by atoms with E-state index >= 15 is 0 Å². The lowest BCUT2D eigenvalue weighted by Crippen LogP contribution is -2.38. The average molecular weight is 284 g/mol. The largest absolute Gasteiger partial charge is 0.319 e. The van der Waals surface area contributed by atoms with Crippen LogP contribution in [0.25, 0.3) is 5.69 Å². The lowest BCUT2D eigenvalue weighted by atomic mass is 9.98. The van der Waals surface area contributed by atoms with Gasteiger partial charge in [0.1, 0.15) is 0 Å². The Morgan fingerprint density at radius 3 is 2.90 bits per heavy atom. The molecule has 1 saturated heterocycles. The van der Waals surface area contributed by atoms with Crippen LogP contribution < -0.4 is 5.32 Å². The Kier molecular flexibility index (Phi) is 4.68. The molecule has 1 N–H and O–H groups in total. The second-order valence-electron chi connectivity index (χ2n) is 5.87. The first-order valence-electron chi connectivity index (χ1n) is 7.82.